The van der Waals surface area contributed by atoms with Crippen molar-refractivity contribution in [1.82, 2.24) is 4.90 Å². The summed E-state index contributed by atoms with van der Waals surface area (Å²) in [5, 5.41) is 0. The molecular weight excluding hydrogens is 184 g/mol. The maximum Gasteiger partial charge on any atom is 0.0230 e. The molecule has 0 saturated carbocycles. The maximum absolute atomic E-state index is 5.67. The third-order valence-electron chi connectivity index (χ3n) is 3.59. The van der Waals surface area contributed by atoms with Crippen LogP contribution in [-0.4, -0.2) is 30.6 Å². The quantitative estimate of drug-likeness (QED) is 0.595. The average molecular weight is 212 g/mol. The normalized spacial score (nSPS) is 21.6. The first kappa shape index (κ1) is 13.0. The summed E-state index contributed by atoms with van der Waals surface area (Å²) in [6, 6.07) is 0.713. The second-order valence-corrected chi connectivity index (χ2v) is 4.84. The standard InChI is InChI=1S/C13H28N2/c1-2-3-4-5-6-7-8-10-15-11-9-13(15)12-14/h13H,2-12,14H2,1H3. The molecule has 2 N–H and O–H groups in total. The van der Waals surface area contributed by atoms with Gasteiger partial charge in [0.05, 0.1) is 0 Å². The molecule has 0 aromatic carbocycles. The van der Waals surface area contributed by atoms with E-state index in [1.165, 1.54) is 64.5 Å². The molecule has 0 aliphatic carbocycles. The molecule has 2 nitrogen and oxygen atoms in total. The number of likely N-dealkylation sites (tertiary alicyclic amines) is 1. The molecule has 1 rings (SSSR count). The molecule has 0 aromatic heterocycles. The van der Waals surface area contributed by atoms with Gasteiger partial charge in [0, 0.05) is 19.1 Å². The predicted octanol–water partition coefficient (Wildman–Crippen LogP) is 2.77. The van der Waals surface area contributed by atoms with Crippen molar-refractivity contribution in [2.24, 2.45) is 5.73 Å². The highest BCUT2D eigenvalue weighted by Gasteiger charge is 2.25. The molecule has 1 saturated heterocycles. The first-order valence-corrected chi connectivity index (χ1v) is 6.82. The molecule has 90 valence electrons. The van der Waals surface area contributed by atoms with E-state index in [0.29, 0.717) is 6.04 Å². The average Bonchev–Trinajstić information content (AvgIpc) is 2.21. The molecular formula is C13H28N2. The lowest BCUT2D eigenvalue weighted by Crippen LogP contribution is -2.51. The largest absolute Gasteiger partial charge is 0.329 e. The van der Waals surface area contributed by atoms with E-state index in [4.69, 9.17) is 5.73 Å². The fourth-order valence-electron chi connectivity index (χ4n) is 2.33. The number of rotatable bonds is 9. The van der Waals surface area contributed by atoms with Gasteiger partial charge < -0.3 is 5.73 Å². The zero-order valence-electron chi connectivity index (χ0n) is 10.4. The zero-order valence-corrected chi connectivity index (χ0v) is 10.4. The van der Waals surface area contributed by atoms with E-state index in [1.54, 1.807) is 0 Å². The molecule has 0 bridgehead atoms. The summed E-state index contributed by atoms with van der Waals surface area (Å²) >= 11 is 0. The molecule has 0 aromatic rings. The van der Waals surface area contributed by atoms with Gasteiger partial charge in [0.25, 0.3) is 0 Å². The SMILES string of the molecule is CCCCCCCCCN1CCC1CN. The van der Waals surface area contributed by atoms with Crippen molar-refractivity contribution in [2.75, 3.05) is 19.6 Å². The Labute approximate surface area is 95.2 Å². The topological polar surface area (TPSA) is 29.3 Å². The fraction of sp³-hybridized carbons (Fsp3) is 1.00. The molecule has 1 aliphatic heterocycles. The van der Waals surface area contributed by atoms with Crippen LogP contribution in [0.5, 0.6) is 0 Å². The van der Waals surface area contributed by atoms with Gasteiger partial charge in [-0.3, -0.25) is 4.90 Å². The van der Waals surface area contributed by atoms with Crippen LogP contribution < -0.4 is 5.73 Å². The van der Waals surface area contributed by atoms with Crippen LogP contribution in [0.15, 0.2) is 0 Å². The van der Waals surface area contributed by atoms with E-state index in [-0.39, 0.29) is 0 Å². The van der Waals surface area contributed by atoms with Crippen molar-refractivity contribution in [3.63, 3.8) is 0 Å². The minimum atomic E-state index is 0.713. The number of nitrogens with two attached hydrogens (primary N) is 1. The molecule has 1 aliphatic rings. The van der Waals surface area contributed by atoms with Crippen LogP contribution >= 0.6 is 0 Å². The lowest BCUT2D eigenvalue weighted by molar-refractivity contribution is 0.0945. The fourth-order valence-corrected chi connectivity index (χ4v) is 2.33. The summed E-state index contributed by atoms with van der Waals surface area (Å²) in [5.74, 6) is 0. The minimum Gasteiger partial charge on any atom is -0.329 e. The van der Waals surface area contributed by atoms with Gasteiger partial charge in [0.1, 0.15) is 0 Å². The molecule has 1 heterocycles. The van der Waals surface area contributed by atoms with E-state index in [1.807, 2.05) is 0 Å². The van der Waals surface area contributed by atoms with Crippen LogP contribution in [0, 0.1) is 0 Å². The summed E-state index contributed by atoms with van der Waals surface area (Å²) in [6.45, 7) is 5.71. The Kier molecular flexibility index (Phi) is 7.03. The van der Waals surface area contributed by atoms with Crippen molar-refractivity contribution in [2.45, 2.75) is 64.3 Å². The Morgan fingerprint density at radius 3 is 2.27 bits per heavy atom. The molecule has 0 spiro atoms. The van der Waals surface area contributed by atoms with Gasteiger partial charge in [-0.1, -0.05) is 45.4 Å². The van der Waals surface area contributed by atoms with Crippen LogP contribution in [0.25, 0.3) is 0 Å². The maximum atomic E-state index is 5.67. The lowest BCUT2D eigenvalue weighted by atomic mass is 10.0. The zero-order chi connectivity index (χ0) is 10.9. The first-order valence-electron chi connectivity index (χ1n) is 6.82. The van der Waals surface area contributed by atoms with Crippen molar-refractivity contribution in [3.8, 4) is 0 Å². The van der Waals surface area contributed by atoms with Gasteiger partial charge in [-0.05, 0) is 19.4 Å². The number of hydrogen-bond donors (Lipinski definition) is 1. The van der Waals surface area contributed by atoms with Crippen molar-refractivity contribution < 1.29 is 0 Å². The number of hydrogen-bond acceptors (Lipinski definition) is 2. The second kappa shape index (κ2) is 8.12. The summed E-state index contributed by atoms with van der Waals surface area (Å²) in [6.07, 6.45) is 11.2. The van der Waals surface area contributed by atoms with Crippen molar-refractivity contribution >= 4 is 0 Å². The van der Waals surface area contributed by atoms with Crippen molar-refractivity contribution in [1.29, 1.82) is 0 Å². The van der Waals surface area contributed by atoms with Crippen LogP contribution in [0.4, 0.5) is 0 Å². The van der Waals surface area contributed by atoms with E-state index in [2.05, 4.69) is 11.8 Å². The highest BCUT2D eigenvalue weighted by atomic mass is 15.2. The molecule has 15 heavy (non-hydrogen) atoms. The van der Waals surface area contributed by atoms with Gasteiger partial charge in [-0.25, -0.2) is 0 Å². The third kappa shape index (κ3) is 4.98. The minimum absolute atomic E-state index is 0.713. The van der Waals surface area contributed by atoms with Gasteiger partial charge in [-0.15, -0.1) is 0 Å². The predicted molar refractivity (Wildman–Crippen MR) is 67.0 cm³/mol. The smallest absolute Gasteiger partial charge is 0.0230 e. The molecule has 1 atom stereocenters. The van der Waals surface area contributed by atoms with Crippen LogP contribution in [0.3, 0.4) is 0 Å². The Morgan fingerprint density at radius 2 is 1.73 bits per heavy atom. The lowest BCUT2D eigenvalue weighted by Gasteiger charge is -2.40. The first-order chi connectivity index (χ1) is 7.38. The molecule has 2 heteroatoms. The van der Waals surface area contributed by atoms with Gasteiger partial charge >= 0.3 is 0 Å². The summed E-state index contributed by atoms with van der Waals surface area (Å²) in [4.78, 5) is 2.55. The number of nitrogens with zero attached hydrogens (tertiary/aromatic N) is 1. The highest BCUT2D eigenvalue weighted by molar-refractivity contribution is 4.82. The summed E-state index contributed by atoms with van der Waals surface area (Å²) < 4.78 is 0. The summed E-state index contributed by atoms with van der Waals surface area (Å²) in [7, 11) is 0. The van der Waals surface area contributed by atoms with Gasteiger partial charge in [0.15, 0.2) is 0 Å². The highest BCUT2D eigenvalue weighted by Crippen LogP contribution is 2.17. The van der Waals surface area contributed by atoms with E-state index < -0.39 is 0 Å². The molecule has 0 radical (unpaired) electrons. The van der Waals surface area contributed by atoms with Crippen LogP contribution in [-0.2, 0) is 0 Å². The number of unbranched alkanes of at least 4 members (excludes halogenated alkanes) is 6. The Bertz CT molecular complexity index is 145. The monoisotopic (exact) mass is 212 g/mol. The third-order valence-corrected chi connectivity index (χ3v) is 3.59. The molecule has 1 unspecified atom stereocenters. The Balaban J connectivity index is 1.81. The van der Waals surface area contributed by atoms with Crippen LogP contribution in [0.2, 0.25) is 0 Å². The van der Waals surface area contributed by atoms with Crippen molar-refractivity contribution in [3.05, 3.63) is 0 Å². The van der Waals surface area contributed by atoms with Gasteiger partial charge in [-0.2, -0.15) is 0 Å². The molecule has 1 fully saturated rings. The van der Waals surface area contributed by atoms with Crippen LogP contribution in [0.1, 0.15) is 58.3 Å². The van der Waals surface area contributed by atoms with E-state index >= 15 is 0 Å². The summed E-state index contributed by atoms with van der Waals surface area (Å²) in [5.41, 5.74) is 5.67. The van der Waals surface area contributed by atoms with E-state index in [0.717, 1.165) is 6.54 Å². The van der Waals surface area contributed by atoms with E-state index in [9.17, 15) is 0 Å². The molecule has 0 amide bonds. The Morgan fingerprint density at radius 1 is 1.07 bits per heavy atom. The Hall–Kier alpha value is -0.0800. The van der Waals surface area contributed by atoms with Gasteiger partial charge in [0.2, 0.25) is 0 Å². The second-order valence-electron chi connectivity index (χ2n) is 4.84.